The number of aliphatic hydroxyl groups excluding tert-OH is 2. The zero-order valence-electron chi connectivity index (χ0n) is 10.5. The van der Waals surface area contributed by atoms with Crippen LogP contribution in [0.4, 0.5) is 0 Å². The van der Waals surface area contributed by atoms with E-state index in [1.54, 1.807) is 6.07 Å². The molecule has 2 amide bonds. The van der Waals surface area contributed by atoms with Crippen LogP contribution >= 0.6 is 11.3 Å². The predicted octanol–water partition coefficient (Wildman–Crippen LogP) is -0.650. The Morgan fingerprint density at radius 2 is 2.00 bits per heavy atom. The molecule has 7 heteroatoms. The van der Waals surface area contributed by atoms with Crippen molar-refractivity contribution < 1.29 is 19.8 Å². The Morgan fingerprint density at radius 1 is 1.37 bits per heavy atom. The molecular formula is C12H16N2O4S. The van der Waals surface area contributed by atoms with Gasteiger partial charge in [-0.3, -0.25) is 9.59 Å². The summed E-state index contributed by atoms with van der Waals surface area (Å²) >= 11 is 1.36. The van der Waals surface area contributed by atoms with Gasteiger partial charge < -0.3 is 20.4 Å². The van der Waals surface area contributed by atoms with Crippen LogP contribution < -0.4 is 5.32 Å². The number of carbonyl (C=O) groups excluding carboxylic acids is 2. The molecule has 1 saturated heterocycles. The summed E-state index contributed by atoms with van der Waals surface area (Å²) in [5.41, 5.74) is 0. The van der Waals surface area contributed by atoms with E-state index < -0.39 is 12.2 Å². The van der Waals surface area contributed by atoms with Gasteiger partial charge in [0.1, 0.15) is 0 Å². The van der Waals surface area contributed by atoms with E-state index in [1.807, 2.05) is 13.0 Å². The lowest BCUT2D eigenvalue weighted by atomic mass is 10.3. The summed E-state index contributed by atoms with van der Waals surface area (Å²) in [4.78, 5) is 26.4. The Labute approximate surface area is 114 Å². The van der Waals surface area contributed by atoms with Crippen LogP contribution in [-0.4, -0.2) is 58.8 Å². The van der Waals surface area contributed by atoms with E-state index in [1.165, 1.54) is 16.2 Å². The molecule has 2 rings (SSSR count). The first-order valence-electron chi connectivity index (χ1n) is 5.96. The second-order valence-electron chi connectivity index (χ2n) is 4.53. The number of rotatable bonds is 3. The standard InChI is InChI=1S/C12H16N2O4S/c1-7-2-3-10(19-7)12(18)13-4-11(17)14-5-8(15)9(16)6-14/h2-3,8-9,15-16H,4-6H2,1H3,(H,13,18)/t8-,9+. The molecule has 0 radical (unpaired) electrons. The van der Waals surface area contributed by atoms with Gasteiger partial charge in [0.05, 0.1) is 23.6 Å². The third kappa shape index (κ3) is 3.31. The summed E-state index contributed by atoms with van der Waals surface area (Å²) in [6.45, 7) is 1.98. The Hall–Kier alpha value is -1.44. The van der Waals surface area contributed by atoms with Crippen molar-refractivity contribution >= 4 is 23.2 Å². The zero-order chi connectivity index (χ0) is 14.0. The fourth-order valence-electron chi connectivity index (χ4n) is 1.88. The van der Waals surface area contributed by atoms with E-state index in [0.29, 0.717) is 4.88 Å². The number of nitrogens with zero attached hydrogens (tertiary/aromatic N) is 1. The maximum absolute atomic E-state index is 11.8. The molecule has 0 spiro atoms. The summed E-state index contributed by atoms with van der Waals surface area (Å²) in [7, 11) is 0. The van der Waals surface area contributed by atoms with Gasteiger partial charge in [0.2, 0.25) is 5.91 Å². The van der Waals surface area contributed by atoms with E-state index in [4.69, 9.17) is 0 Å². The molecule has 0 bridgehead atoms. The highest BCUT2D eigenvalue weighted by Gasteiger charge is 2.32. The van der Waals surface area contributed by atoms with Crippen molar-refractivity contribution in [2.45, 2.75) is 19.1 Å². The molecule has 0 aromatic carbocycles. The fourth-order valence-corrected chi connectivity index (χ4v) is 2.67. The van der Waals surface area contributed by atoms with Gasteiger partial charge in [-0.25, -0.2) is 0 Å². The molecule has 1 aromatic heterocycles. The Kier molecular flexibility index (Phi) is 4.18. The van der Waals surface area contributed by atoms with Gasteiger partial charge in [-0.05, 0) is 19.1 Å². The van der Waals surface area contributed by atoms with Crippen molar-refractivity contribution in [2.75, 3.05) is 19.6 Å². The van der Waals surface area contributed by atoms with Gasteiger partial charge in [-0.2, -0.15) is 0 Å². The second kappa shape index (κ2) is 5.68. The van der Waals surface area contributed by atoms with Gasteiger partial charge in [0.15, 0.2) is 0 Å². The van der Waals surface area contributed by atoms with Gasteiger partial charge in [-0.15, -0.1) is 11.3 Å². The summed E-state index contributed by atoms with van der Waals surface area (Å²) < 4.78 is 0. The van der Waals surface area contributed by atoms with E-state index in [2.05, 4.69) is 5.32 Å². The van der Waals surface area contributed by atoms with Gasteiger partial charge in [0, 0.05) is 18.0 Å². The van der Waals surface area contributed by atoms with Crippen LogP contribution in [0.3, 0.4) is 0 Å². The van der Waals surface area contributed by atoms with Crippen molar-refractivity contribution in [3.05, 3.63) is 21.9 Å². The van der Waals surface area contributed by atoms with Gasteiger partial charge in [0.25, 0.3) is 5.91 Å². The molecule has 3 N–H and O–H groups in total. The first-order chi connectivity index (χ1) is 8.97. The average Bonchev–Trinajstić information content (AvgIpc) is 2.93. The van der Waals surface area contributed by atoms with Crippen LogP contribution in [0.5, 0.6) is 0 Å². The summed E-state index contributed by atoms with van der Waals surface area (Å²) in [5, 5.41) is 21.2. The molecule has 2 heterocycles. The quantitative estimate of drug-likeness (QED) is 0.688. The highest BCUT2D eigenvalue weighted by Crippen LogP contribution is 2.14. The molecule has 0 saturated carbocycles. The second-order valence-corrected chi connectivity index (χ2v) is 5.81. The lowest BCUT2D eigenvalue weighted by molar-refractivity contribution is -0.129. The van der Waals surface area contributed by atoms with Crippen LogP contribution in [0, 0.1) is 6.92 Å². The topological polar surface area (TPSA) is 89.9 Å². The smallest absolute Gasteiger partial charge is 0.261 e. The first-order valence-corrected chi connectivity index (χ1v) is 6.77. The third-order valence-electron chi connectivity index (χ3n) is 2.98. The minimum Gasteiger partial charge on any atom is -0.388 e. The number of hydrogen-bond donors (Lipinski definition) is 3. The molecule has 1 fully saturated rings. The molecule has 6 nitrogen and oxygen atoms in total. The van der Waals surface area contributed by atoms with E-state index >= 15 is 0 Å². The number of β-amino-alcohol motifs (C(OH)–C–C–N with tert-alkyl or cyclic N) is 2. The van der Waals surface area contributed by atoms with Crippen molar-refractivity contribution in [3.63, 3.8) is 0 Å². The normalized spacial score (nSPS) is 22.6. The number of aryl methyl sites for hydroxylation is 1. The summed E-state index contributed by atoms with van der Waals surface area (Å²) in [5.74, 6) is -0.594. The molecule has 1 aliphatic rings. The molecule has 0 aliphatic carbocycles. The molecule has 1 aromatic rings. The number of aliphatic hydroxyl groups is 2. The van der Waals surface area contributed by atoms with E-state index in [0.717, 1.165) is 4.88 Å². The average molecular weight is 284 g/mol. The lowest BCUT2D eigenvalue weighted by Crippen LogP contribution is -2.39. The van der Waals surface area contributed by atoms with Crippen LogP contribution in [-0.2, 0) is 4.79 Å². The molecule has 104 valence electrons. The number of hydrogen-bond acceptors (Lipinski definition) is 5. The minimum absolute atomic E-state index is 0.105. The predicted molar refractivity (Wildman–Crippen MR) is 70.0 cm³/mol. The minimum atomic E-state index is -0.903. The van der Waals surface area contributed by atoms with Crippen LogP contribution in [0.1, 0.15) is 14.5 Å². The number of thiophene rings is 1. The fraction of sp³-hybridized carbons (Fsp3) is 0.500. The molecule has 1 aliphatic heterocycles. The van der Waals surface area contributed by atoms with Crippen LogP contribution in [0.25, 0.3) is 0 Å². The van der Waals surface area contributed by atoms with Crippen LogP contribution in [0.2, 0.25) is 0 Å². The maximum Gasteiger partial charge on any atom is 0.261 e. The van der Waals surface area contributed by atoms with Gasteiger partial charge in [-0.1, -0.05) is 0 Å². The number of amides is 2. The Bertz CT molecular complexity index is 478. The highest BCUT2D eigenvalue weighted by atomic mass is 32.1. The van der Waals surface area contributed by atoms with Crippen molar-refractivity contribution in [1.82, 2.24) is 10.2 Å². The SMILES string of the molecule is Cc1ccc(C(=O)NCC(=O)N2C[C@@H](O)[C@@H](O)C2)s1. The zero-order valence-corrected chi connectivity index (χ0v) is 11.3. The number of carbonyl (C=O) groups is 2. The maximum atomic E-state index is 11.8. The first kappa shape index (κ1) is 14.0. The summed E-state index contributed by atoms with van der Waals surface area (Å²) in [6, 6.07) is 3.55. The molecule has 0 unspecified atom stereocenters. The number of nitrogens with one attached hydrogen (secondary N) is 1. The lowest BCUT2D eigenvalue weighted by Gasteiger charge is -2.15. The monoisotopic (exact) mass is 284 g/mol. The van der Waals surface area contributed by atoms with E-state index in [9.17, 15) is 19.8 Å². The Morgan fingerprint density at radius 3 is 2.53 bits per heavy atom. The molecule has 2 atom stereocenters. The largest absolute Gasteiger partial charge is 0.388 e. The van der Waals surface area contributed by atoms with Crippen LogP contribution in [0.15, 0.2) is 12.1 Å². The highest BCUT2D eigenvalue weighted by molar-refractivity contribution is 7.13. The summed E-state index contributed by atoms with van der Waals surface area (Å²) in [6.07, 6.45) is -1.81. The molecular weight excluding hydrogens is 268 g/mol. The van der Waals surface area contributed by atoms with Crippen molar-refractivity contribution in [3.8, 4) is 0 Å². The number of likely N-dealkylation sites (tertiary alicyclic amines) is 1. The van der Waals surface area contributed by atoms with Crippen molar-refractivity contribution in [1.29, 1.82) is 0 Å². The van der Waals surface area contributed by atoms with Gasteiger partial charge >= 0.3 is 0 Å². The van der Waals surface area contributed by atoms with E-state index in [-0.39, 0.29) is 31.4 Å². The van der Waals surface area contributed by atoms with Crippen molar-refractivity contribution in [2.24, 2.45) is 0 Å². The third-order valence-corrected chi connectivity index (χ3v) is 3.98. The Balaban J connectivity index is 1.82. The molecule has 19 heavy (non-hydrogen) atoms.